The molecule has 0 aromatic heterocycles. The van der Waals surface area contributed by atoms with Crippen LogP contribution in [0, 0.1) is 17.8 Å². The number of aliphatic hydroxyl groups is 6. The van der Waals surface area contributed by atoms with Gasteiger partial charge in [-0.15, -0.1) is 0 Å². The third-order valence-electron chi connectivity index (χ3n) is 11.3. The second-order valence-corrected chi connectivity index (χ2v) is 20.6. The summed E-state index contributed by atoms with van der Waals surface area (Å²) < 4.78 is 30.4. The van der Waals surface area contributed by atoms with E-state index >= 15 is 0 Å². The Morgan fingerprint density at radius 1 is 1.11 bits per heavy atom. The first-order valence-corrected chi connectivity index (χ1v) is 25.3. The summed E-state index contributed by atoms with van der Waals surface area (Å²) in [6.45, 7) is -1.10. The molecule has 23 heteroatoms. The molecule has 19 nitrogen and oxygen atoms in total. The highest BCUT2D eigenvalue weighted by Crippen LogP contribution is 2.44. The van der Waals surface area contributed by atoms with Gasteiger partial charge in [0.2, 0.25) is 12.1 Å². The second kappa shape index (κ2) is 23.1. The van der Waals surface area contributed by atoms with Crippen LogP contribution in [0.25, 0.3) is 0 Å². The fraction of sp³-hybridized carbons (Fsp3) is 0.667. The number of aliphatic hydroxyl groups excluding tert-OH is 4. The molecule has 11 N–H and O–H groups in total. The van der Waals surface area contributed by atoms with Gasteiger partial charge in [-0.3, -0.25) is 10.3 Å². The number of carbonyl (C=O) groups excluding carboxylic acids is 1. The summed E-state index contributed by atoms with van der Waals surface area (Å²) in [4.78, 5) is 33.6. The van der Waals surface area contributed by atoms with Crippen LogP contribution in [0.4, 0.5) is 0 Å². The summed E-state index contributed by atoms with van der Waals surface area (Å²) in [6.07, 6.45) is 4.09. The van der Waals surface area contributed by atoms with Gasteiger partial charge >= 0.3 is 11.9 Å². The molecule has 1 saturated carbocycles. The maximum absolute atomic E-state index is 14.4. The number of aliphatic carboxylic acids is 1. The van der Waals surface area contributed by atoms with E-state index in [9.17, 15) is 45.3 Å². The molecule has 5 heterocycles. The topological polar surface area (TPSA) is 288 Å². The van der Waals surface area contributed by atoms with Crippen molar-refractivity contribution in [1.29, 1.82) is 0 Å². The normalized spacial score (nSPS) is 34.4. The number of nitrogens with two attached hydrogens (primary N) is 1. The zero-order chi connectivity index (χ0) is 44.4. The Kier molecular flexibility index (Phi) is 18.2. The van der Waals surface area contributed by atoms with Gasteiger partial charge in [-0.05, 0) is 38.3 Å². The number of fused-ring (bicyclic) bond motifs is 2. The highest BCUT2D eigenvalue weighted by Gasteiger charge is 2.57. The first-order chi connectivity index (χ1) is 29.9. The van der Waals surface area contributed by atoms with Crippen LogP contribution in [0.1, 0.15) is 25.7 Å². The number of rotatable bonds is 12. The molecule has 11 atom stereocenters. The maximum atomic E-state index is 14.4. The van der Waals surface area contributed by atoms with Crippen LogP contribution in [-0.2, 0) is 33.3 Å². The van der Waals surface area contributed by atoms with Crippen LogP contribution in [0.3, 0.4) is 0 Å². The largest absolute Gasteiger partial charge is 0.478 e. The molecule has 0 spiro atoms. The summed E-state index contributed by atoms with van der Waals surface area (Å²) in [7, 11) is 8.00. The van der Waals surface area contributed by atoms with Gasteiger partial charge in [-0.25, -0.2) is 9.59 Å². The first kappa shape index (κ1) is 49.0. The molecule has 2 fully saturated rings. The lowest BCUT2D eigenvalue weighted by Crippen LogP contribution is -2.69. The minimum absolute atomic E-state index is 0.0624. The number of ether oxygens (including phenoxy) is 5. The van der Waals surface area contributed by atoms with E-state index < -0.39 is 73.1 Å². The Labute approximate surface area is 375 Å². The van der Waals surface area contributed by atoms with Gasteiger partial charge in [-0.1, -0.05) is 67.5 Å². The third kappa shape index (κ3) is 11.7. The highest BCUT2D eigenvalue weighted by molar-refractivity contribution is 8.78. The van der Waals surface area contributed by atoms with Crippen molar-refractivity contribution in [2.24, 2.45) is 28.5 Å². The van der Waals surface area contributed by atoms with Gasteiger partial charge in [0.15, 0.2) is 18.4 Å². The number of aliphatic imine (C=N–C) groups is 1. The Bertz CT molecular complexity index is 1750. The van der Waals surface area contributed by atoms with Gasteiger partial charge in [0.25, 0.3) is 0 Å². The van der Waals surface area contributed by atoms with Crippen LogP contribution < -0.4 is 16.4 Å². The number of nitrogens with one attached hydrogen (secondary N) is 2. The van der Waals surface area contributed by atoms with Gasteiger partial charge in [0.1, 0.15) is 18.3 Å². The van der Waals surface area contributed by atoms with E-state index in [-0.39, 0.29) is 73.1 Å². The van der Waals surface area contributed by atoms with Crippen LogP contribution in [-0.4, -0.2) is 177 Å². The molecule has 346 valence electrons. The summed E-state index contributed by atoms with van der Waals surface area (Å²) in [5.41, 5.74) is 6.82. The van der Waals surface area contributed by atoms with E-state index in [4.69, 9.17) is 29.4 Å². The Morgan fingerprint density at radius 3 is 2.68 bits per heavy atom. The Morgan fingerprint density at radius 2 is 1.94 bits per heavy atom. The number of guanidine groups is 1. The Balaban J connectivity index is 1.50. The smallest absolute Gasteiger partial charge is 0.339 e. The van der Waals surface area contributed by atoms with E-state index in [0.717, 1.165) is 12.8 Å². The lowest BCUT2D eigenvalue weighted by Gasteiger charge is -2.47. The van der Waals surface area contributed by atoms with E-state index in [1.807, 2.05) is 17.1 Å². The van der Waals surface area contributed by atoms with Crippen molar-refractivity contribution in [1.82, 2.24) is 15.5 Å². The summed E-state index contributed by atoms with van der Waals surface area (Å²) in [5.74, 6) is -4.83. The van der Waals surface area contributed by atoms with E-state index in [1.54, 1.807) is 62.4 Å². The SMILES string of the molecule is CNCOC1C(OC2OC=C3C(=O)OC4CCCC4CSSC4CSSCC=CC2C3C=CC2=C(NC(N)=NCCCO)C(C(=O)O)=CN(C2)C4CO)OC(CO)C(O)C1(O)O. The number of esters is 1. The zero-order valence-corrected chi connectivity index (χ0v) is 37.4. The summed E-state index contributed by atoms with van der Waals surface area (Å²) in [5, 5.41) is 79.5. The van der Waals surface area contributed by atoms with Crippen LogP contribution in [0.5, 0.6) is 0 Å². The summed E-state index contributed by atoms with van der Waals surface area (Å²) >= 11 is 0. The van der Waals surface area contributed by atoms with Crippen molar-refractivity contribution >= 4 is 61.1 Å². The summed E-state index contributed by atoms with van der Waals surface area (Å²) in [6, 6.07) is -0.509. The molecule has 1 aliphatic carbocycles. The van der Waals surface area contributed by atoms with Crippen molar-refractivity contribution in [3.8, 4) is 0 Å². The van der Waals surface area contributed by atoms with Crippen LogP contribution >= 0.6 is 43.2 Å². The quantitative estimate of drug-likeness (QED) is 0.0234. The molecule has 0 aromatic carbocycles. The molecule has 1 saturated heterocycles. The van der Waals surface area contributed by atoms with Gasteiger partial charge < -0.3 is 75.4 Å². The molecule has 0 aromatic rings. The number of hydrogen-bond donors (Lipinski definition) is 10. The van der Waals surface area contributed by atoms with Crippen molar-refractivity contribution in [2.75, 3.05) is 63.9 Å². The third-order valence-corrected chi connectivity index (χ3v) is 16.8. The fourth-order valence-electron chi connectivity index (χ4n) is 8.01. The van der Waals surface area contributed by atoms with Crippen molar-refractivity contribution < 1.29 is 69.0 Å². The molecule has 5 aliphatic heterocycles. The molecule has 0 amide bonds. The lowest BCUT2D eigenvalue weighted by atomic mass is 9.82. The van der Waals surface area contributed by atoms with Gasteiger partial charge in [-0.2, -0.15) is 0 Å². The molecule has 6 rings (SSSR count). The molecule has 0 radical (unpaired) electrons. The van der Waals surface area contributed by atoms with Crippen LogP contribution in [0.2, 0.25) is 0 Å². The predicted octanol–water partition coefficient (Wildman–Crippen LogP) is -0.0346. The van der Waals surface area contributed by atoms with Crippen molar-refractivity contribution in [3.05, 3.63) is 59.2 Å². The second-order valence-electron chi connectivity index (χ2n) is 15.4. The number of hydrogen-bond acceptors (Lipinski definition) is 20. The van der Waals surface area contributed by atoms with E-state index in [0.29, 0.717) is 35.7 Å². The monoisotopic (exact) mass is 947 g/mol. The number of nitrogens with zero attached hydrogens (tertiary/aromatic N) is 2. The lowest BCUT2D eigenvalue weighted by molar-refractivity contribution is -0.410. The molecular formula is C39H57N5O14S4. The standard InChI is InChI=1S/C39H57N5O14S4/c1-41-20-55-33-37(57-29(16-47)32(48)39(33,52)53)58-36-24-6-3-12-59-60-19-30-27(15-46)44-13-21(31(25(14-44)34(49)50)43-38(40)42-10-4-11-45)8-9-23(24)26(17-54-36)35(51)56-28-7-2-5-22(28)18-61-62-30/h3,6,8-9,14,17,22-24,27-30,32-33,36-37,41,45-48,52-53H,2,4-5,7,10-13,15-16,18-20H2,1H3,(H,49,50)(H3,40,42,43). The number of allylic oxidation sites excluding steroid dienone is 1. The van der Waals surface area contributed by atoms with Gasteiger partial charge in [0, 0.05) is 60.2 Å². The zero-order valence-electron chi connectivity index (χ0n) is 34.1. The predicted molar refractivity (Wildman–Crippen MR) is 235 cm³/mol. The number of carboxylic acid groups (broad SMARTS) is 1. The average Bonchev–Trinajstić information content (AvgIpc) is 3.68. The molecule has 4 bridgehead atoms. The Hall–Kier alpha value is -2.49. The highest BCUT2D eigenvalue weighted by atomic mass is 33.1. The average molecular weight is 948 g/mol. The molecule has 11 unspecified atom stereocenters. The van der Waals surface area contributed by atoms with Gasteiger partial charge in [0.05, 0.1) is 55.0 Å². The number of carboxylic acids is 1. The molecule has 6 aliphatic rings. The van der Waals surface area contributed by atoms with Crippen molar-refractivity contribution in [3.63, 3.8) is 0 Å². The fourth-order valence-corrected chi connectivity index (χ4v) is 14.0. The van der Waals surface area contributed by atoms with Crippen LogP contribution in [0.15, 0.2) is 64.2 Å². The first-order valence-electron chi connectivity index (χ1n) is 20.4. The minimum Gasteiger partial charge on any atom is -0.478 e. The van der Waals surface area contributed by atoms with E-state index in [1.165, 1.54) is 12.5 Å². The maximum Gasteiger partial charge on any atom is 0.339 e. The minimum atomic E-state index is -2.94. The van der Waals surface area contributed by atoms with Crippen molar-refractivity contribution in [2.45, 2.75) is 79.8 Å². The molecule has 62 heavy (non-hydrogen) atoms. The number of carbonyl (C=O) groups is 2. The van der Waals surface area contributed by atoms with E-state index in [2.05, 4.69) is 15.6 Å². The molecular weight excluding hydrogens is 891 g/mol.